The third-order valence-corrected chi connectivity index (χ3v) is 2.17. The second-order valence-electron chi connectivity index (χ2n) is 3.42. The molecule has 0 saturated heterocycles. The van der Waals surface area contributed by atoms with E-state index in [0.29, 0.717) is 16.9 Å². The Morgan fingerprint density at radius 2 is 2.29 bits per heavy atom. The number of pyridine rings is 1. The lowest BCUT2D eigenvalue weighted by Crippen LogP contribution is -2.14. The molecule has 0 spiro atoms. The number of oxazole rings is 1. The van der Waals surface area contributed by atoms with Crippen molar-refractivity contribution >= 4 is 17.6 Å². The lowest BCUT2D eigenvalue weighted by Gasteiger charge is -2.06. The maximum absolute atomic E-state index is 11.9. The van der Waals surface area contributed by atoms with Crippen molar-refractivity contribution in [1.29, 1.82) is 0 Å². The summed E-state index contributed by atoms with van der Waals surface area (Å²) in [6.07, 6.45) is 4.60. The fraction of sp³-hybridized carbons (Fsp3) is 0.182. The quantitative estimate of drug-likeness (QED) is 0.841. The van der Waals surface area contributed by atoms with Crippen LogP contribution in [-0.2, 0) is 0 Å². The first-order valence-corrected chi connectivity index (χ1v) is 5.06. The Hall–Kier alpha value is -2.37. The van der Waals surface area contributed by atoms with Gasteiger partial charge in [-0.25, -0.2) is 0 Å². The van der Waals surface area contributed by atoms with Gasteiger partial charge in [-0.1, -0.05) is 0 Å². The van der Waals surface area contributed by atoms with Crippen molar-refractivity contribution in [3.8, 4) is 0 Å². The number of hydrogen-bond acceptors (Lipinski definition) is 5. The monoisotopic (exact) mass is 232 g/mol. The van der Waals surface area contributed by atoms with Gasteiger partial charge in [0.1, 0.15) is 6.26 Å². The summed E-state index contributed by atoms with van der Waals surface area (Å²) in [4.78, 5) is 19.8. The van der Waals surface area contributed by atoms with E-state index in [0.717, 1.165) is 0 Å². The number of nitrogens with one attached hydrogen (secondary N) is 2. The topological polar surface area (TPSA) is 80.0 Å². The van der Waals surface area contributed by atoms with Crippen molar-refractivity contribution in [2.45, 2.75) is 6.92 Å². The molecule has 2 N–H and O–H groups in total. The molecule has 1 amide bonds. The lowest BCUT2D eigenvalue weighted by atomic mass is 10.2. The SMILES string of the molecule is CNc1cnccc1C(=O)Nc1nc(C)co1. The average molecular weight is 232 g/mol. The first-order chi connectivity index (χ1) is 8.20. The Morgan fingerprint density at radius 1 is 1.47 bits per heavy atom. The third kappa shape index (κ3) is 2.41. The minimum absolute atomic E-state index is 0.186. The van der Waals surface area contributed by atoms with E-state index >= 15 is 0 Å². The van der Waals surface area contributed by atoms with Crippen LogP contribution >= 0.6 is 0 Å². The largest absolute Gasteiger partial charge is 0.432 e. The van der Waals surface area contributed by atoms with Crippen LogP contribution in [0.1, 0.15) is 16.1 Å². The van der Waals surface area contributed by atoms with Crippen LogP contribution in [0.5, 0.6) is 0 Å². The number of aryl methyl sites for hydroxylation is 1. The van der Waals surface area contributed by atoms with Crippen LogP contribution in [0.15, 0.2) is 29.1 Å². The summed E-state index contributed by atoms with van der Waals surface area (Å²) in [5, 5.41) is 5.46. The molecule has 17 heavy (non-hydrogen) atoms. The Bertz CT molecular complexity index is 536. The van der Waals surface area contributed by atoms with Crippen LogP contribution in [-0.4, -0.2) is 22.9 Å². The van der Waals surface area contributed by atoms with Gasteiger partial charge in [-0.05, 0) is 13.0 Å². The Kier molecular flexibility index (Phi) is 3.04. The number of carbonyl (C=O) groups is 1. The molecule has 0 saturated carbocycles. The summed E-state index contributed by atoms with van der Waals surface area (Å²) in [6, 6.07) is 1.81. The standard InChI is InChI=1S/C11H12N4O2/c1-7-6-17-11(14-7)15-10(16)8-3-4-13-5-9(8)12-2/h3-6,12H,1-2H3,(H,14,15,16). The molecule has 0 unspecified atom stereocenters. The minimum atomic E-state index is -0.293. The van der Waals surface area contributed by atoms with Gasteiger partial charge in [0.15, 0.2) is 0 Å². The molecule has 2 rings (SSSR count). The molecule has 6 nitrogen and oxygen atoms in total. The van der Waals surface area contributed by atoms with E-state index in [1.165, 1.54) is 6.26 Å². The number of amides is 1. The summed E-state index contributed by atoms with van der Waals surface area (Å²) in [7, 11) is 1.73. The summed E-state index contributed by atoms with van der Waals surface area (Å²) in [5.41, 5.74) is 1.84. The number of rotatable bonds is 3. The van der Waals surface area contributed by atoms with Gasteiger partial charge in [0.2, 0.25) is 0 Å². The van der Waals surface area contributed by atoms with E-state index in [1.807, 2.05) is 0 Å². The molecular weight excluding hydrogens is 220 g/mol. The third-order valence-electron chi connectivity index (χ3n) is 2.17. The maximum atomic E-state index is 11.9. The van der Waals surface area contributed by atoms with Crippen molar-refractivity contribution < 1.29 is 9.21 Å². The van der Waals surface area contributed by atoms with Gasteiger partial charge in [-0.3, -0.25) is 15.1 Å². The highest BCUT2D eigenvalue weighted by Crippen LogP contribution is 2.15. The highest BCUT2D eigenvalue weighted by Gasteiger charge is 2.12. The lowest BCUT2D eigenvalue weighted by molar-refractivity contribution is 0.102. The molecule has 2 aromatic rings. The zero-order chi connectivity index (χ0) is 12.3. The molecule has 0 fully saturated rings. The zero-order valence-corrected chi connectivity index (χ0v) is 9.52. The van der Waals surface area contributed by atoms with Gasteiger partial charge in [0, 0.05) is 13.2 Å². The van der Waals surface area contributed by atoms with Gasteiger partial charge in [0.05, 0.1) is 23.1 Å². The van der Waals surface area contributed by atoms with Crippen LogP contribution in [0.3, 0.4) is 0 Å². The van der Waals surface area contributed by atoms with E-state index in [-0.39, 0.29) is 11.9 Å². The summed E-state index contributed by atoms with van der Waals surface area (Å²) in [5.74, 6) is -0.293. The molecule has 88 valence electrons. The minimum Gasteiger partial charge on any atom is -0.432 e. The molecular formula is C11H12N4O2. The molecule has 2 aromatic heterocycles. The van der Waals surface area contributed by atoms with Crippen LogP contribution in [0.2, 0.25) is 0 Å². The number of nitrogens with zero attached hydrogens (tertiary/aromatic N) is 2. The Labute approximate surface area is 98.1 Å². The van der Waals surface area contributed by atoms with Gasteiger partial charge >= 0.3 is 6.01 Å². The second kappa shape index (κ2) is 4.65. The van der Waals surface area contributed by atoms with Gasteiger partial charge < -0.3 is 9.73 Å². The van der Waals surface area contributed by atoms with Gasteiger partial charge in [-0.2, -0.15) is 4.98 Å². The predicted octanol–water partition coefficient (Wildman–Crippen LogP) is 1.67. The van der Waals surface area contributed by atoms with Gasteiger partial charge in [-0.15, -0.1) is 0 Å². The molecule has 0 atom stereocenters. The molecule has 6 heteroatoms. The predicted molar refractivity (Wildman–Crippen MR) is 63.0 cm³/mol. The number of aromatic nitrogens is 2. The second-order valence-corrected chi connectivity index (χ2v) is 3.42. The zero-order valence-electron chi connectivity index (χ0n) is 9.52. The van der Waals surface area contributed by atoms with E-state index in [2.05, 4.69) is 20.6 Å². The van der Waals surface area contributed by atoms with Crippen LogP contribution in [0.4, 0.5) is 11.7 Å². The van der Waals surface area contributed by atoms with Crippen LogP contribution < -0.4 is 10.6 Å². The molecule has 0 aromatic carbocycles. The molecule has 0 bridgehead atoms. The molecule has 0 aliphatic carbocycles. The van der Waals surface area contributed by atoms with Crippen molar-refractivity contribution in [3.05, 3.63) is 36.0 Å². The molecule has 2 heterocycles. The normalized spacial score (nSPS) is 10.0. The molecule has 0 aliphatic rings. The van der Waals surface area contributed by atoms with Crippen molar-refractivity contribution in [2.24, 2.45) is 0 Å². The summed E-state index contributed by atoms with van der Waals surface area (Å²) >= 11 is 0. The number of hydrogen-bond donors (Lipinski definition) is 2. The number of anilines is 2. The number of carbonyl (C=O) groups excluding carboxylic acids is 1. The fourth-order valence-electron chi connectivity index (χ4n) is 1.37. The van der Waals surface area contributed by atoms with E-state index in [1.54, 1.807) is 32.4 Å². The van der Waals surface area contributed by atoms with Crippen molar-refractivity contribution in [3.63, 3.8) is 0 Å². The van der Waals surface area contributed by atoms with E-state index in [9.17, 15) is 4.79 Å². The Balaban J connectivity index is 2.20. The maximum Gasteiger partial charge on any atom is 0.301 e. The Morgan fingerprint density at radius 3 is 2.94 bits per heavy atom. The van der Waals surface area contributed by atoms with E-state index in [4.69, 9.17) is 4.42 Å². The smallest absolute Gasteiger partial charge is 0.301 e. The average Bonchev–Trinajstić information content (AvgIpc) is 2.74. The van der Waals surface area contributed by atoms with E-state index < -0.39 is 0 Å². The molecule has 0 aliphatic heterocycles. The highest BCUT2D eigenvalue weighted by atomic mass is 16.4. The molecule has 0 radical (unpaired) electrons. The van der Waals surface area contributed by atoms with Gasteiger partial charge in [0.25, 0.3) is 5.91 Å². The van der Waals surface area contributed by atoms with Crippen molar-refractivity contribution in [1.82, 2.24) is 9.97 Å². The fourth-order valence-corrected chi connectivity index (χ4v) is 1.37. The summed E-state index contributed by atoms with van der Waals surface area (Å²) in [6.45, 7) is 1.78. The van der Waals surface area contributed by atoms with Crippen LogP contribution in [0.25, 0.3) is 0 Å². The highest BCUT2D eigenvalue weighted by molar-refractivity contribution is 6.06. The van der Waals surface area contributed by atoms with Crippen LogP contribution in [0, 0.1) is 6.92 Å². The first-order valence-electron chi connectivity index (χ1n) is 5.06. The van der Waals surface area contributed by atoms with Crippen molar-refractivity contribution in [2.75, 3.05) is 17.7 Å². The first kappa shape index (κ1) is 11.1. The summed E-state index contributed by atoms with van der Waals surface area (Å²) < 4.78 is 5.05.